The van der Waals surface area contributed by atoms with Gasteiger partial charge in [0, 0.05) is 12.6 Å². The fourth-order valence-electron chi connectivity index (χ4n) is 3.64. The lowest BCUT2D eigenvalue weighted by molar-refractivity contribution is -0.0122. The standard InChI is InChI=1S/C13H25N/c1-4-10(3)13-8-12-7-6-11(13)9-14(12)5-2/h10-13H,4-9H2,1-3H3. The minimum absolute atomic E-state index is 0.934. The molecule has 82 valence electrons. The lowest BCUT2D eigenvalue weighted by Gasteiger charge is -2.51. The smallest absolute Gasteiger partial charge is 0.00982 e. The van der Waals surface area contributed by atoms with E-state index in [4.69, 9.17) is 0 Å². The molecule has 14 heavy (non-hydrogen) atoms. The molecule has 3 aliphatic rings. The maximum Gasteiger partial charge on any atom is 0.00982 e. The van der Waals surface area contributed by atoms with Gasteiger partial charge in [-0.2, -0.15) is 0 Å². The second kappa shape index (κ2) is 4.22. The van der Waals surface area contributed by atoms with Gasteiger partial charge in [-0.15, -0.1) is 0 Å². The second-order valence-corrected chi connectivity index (χ2v) is 5.36. The molecular weight excluding hydrogens is 170 g/mol. The summed E-state index contributed by atoms with van der Waals surface area (Å²) in [6.45, 7) is 9.80. The first-order chi connectivity index (χ1) is 6.76. The third-order valence-electron chi connectivity index (χ3n) is 4.79. The normalized spacial score (nSPS) is 40.1. The van der Waals surface area contributed by atoms with Crippen molar-refractivity contribution in [1.82, 2.24) is 4.90 Å². The average molecular weight is 195 g/mol. The highest BCUT2D eigenvalue weighted by Gasteiger charge is 2.40. The molecule has 3 fully saturated rings. The summed E-state index contributed by atoms with van der Waals surface area (Å²) in [4.78, 5) is 2.72. The molecule has 1 aliphatic carbocycles. The Morgan fingerprint density at radius 2 is 2.07 bits per heavy atom. The number of rotatable bonds is 3. The van der Waals surface area contributed by atoms with Crippen LogP contribution in [0.2, 0.25) is 0 Å². The van der Waals surface area contributed by atoms with Crippen molar-refractivity contribution < 1.29 is 0 Å². The molecule has 0 amide bonds. The van der Waals surface area contributed by atoms with Crippen LogP contribution in [0.1, 0.15) is 46.5 Å². The molecule has 0 aromatic rings. The van der Waals surface area contributed by atoms with E-state index in [0.29, 0.717) is 0 Å². The molecular formula is C13H25N. The molecule has 2 heterocycles. The van der Waals surface area contributed by atoms with Crippen molar-refractivity contribution in [2.45, 2.75) is 52.5 Å². The zero-order valence-electron chi connectivity index (χ0n) is 10.00. The Morgan fingerprint density at radius 3 is 2.57 bits per heavy atom. The third-order valence-corrected chi connectivity index (χ3v) is 4.79. The summed E-state index contributed by atoms with van der Waals surface area (Å²) < 4.78 is 0. The summed E-state index contributed by atoms with van der Waals surface area (Å²) >= 11 is 0. The van der Waals surface area contributed by atoms with Crippen LogP contribution in [0.4, 0.5) is 0 Å². The molecule has 0 spiro atoms. The van der Waals surface area contributed by atoms with E-state index in [1.165, 1.54) is 38.8 Å². The summed E-state index contributed by atoms with van der Waals surface area (Å²) in [7, 11) is 0. The van der Waals surface area contributed by atoms with Gasteiger partial charge in [-0.1, -0.05) is 27.2 Å². The molecule has 4 atom stereocenters. The maximum absolute atomic E-state index is 2.72. The van der Waals surface area contributed by atoms with Crippen molar-refractivity contribution >= 4 is 0 Å². The molecule has 0 aromatic heterocycles. The monoisotopic (exact) mass is 195 g/mol. The van der Waals surface area contributed by atoms with Gasteiger partial charge in [-0.05, 0) is 43.6 Å². The summed E-state index contributed by atoms with van der Waals surface area (Å²) in [5.74, 6) is 3.03. The first-order valence-electron chi connectivity index (χ1n) is 6.50. The highest BCUT2D eigenvalue weighted by atomic mass is 15.2. The fraction of sp³-hybridized carbons (Fsp3) is 1.00. The largest absolute Gasteiger partial charge is 0.300 e. The van der Waals surface area contributed by atoms with Crippen molar-refractivity contribution in [3.8, 4) is 0 Å². The third kappa shape index (κ3) is 1.71. The highest BCUT2D eigenvalue weighted by Crippen LogP contribution is 2.43. The van der Waals surface area contributed by atoms with E-state index in [1.807, 2.05) is 0 Å². The van der Waals surface area contributed by atoms with E-state index in [9.17, 15) is 0 Å². The Labute approximate surface area is 88.9 Å². The van der Waals surface area contributed by atoms with Crippen LogP contribution >= 0.6 is 0 Å². The van der Waals surface area contributed by atoms with E-state index < -0.39 is 0 Å². The van der Waals surface area contributed by atoms with Gasteiger partial charge in [0.2, 0.25) is 0 Å². The highest BCUT2D eigenvalue weighted by molar-refractivity contribution is 4.93. The van der Waals surface area contributed by atoms with Gasteiger partial charge in [0.05, 0.1) is 0 Å². The average Bonchev–Trinajstić information content (AvgIpc) is 2.28. The molecule has 1 nitrogen and oxygen atoms in total. The zero-order valence-corrected chi connectivity index (χ0v) is 10.00. The molecule has 0 aromatic carbocycles. The van der Waals surface area contributed by atoms with Gasteiger partial charge in [-0.25, -0.2) is 0 Å². The van der Waals surface area contributed by atoms with E-state index >= 15 is 0 Å². The van der Waals surface area contributed by atoms with Crippen LogP contribution in [-0.2, 0) is 0 Å². The van der Waals surface area contributed by atoms with Crippen LogP contribution in [0, 0.1) is 17.8 Å². The van der Waals surface area contributed by atoms with Gasteiger partial charge in [-0.3, -0.25) is 0 Å². The van der Waals surface area contributed by atoms with Crippen LogP contribution in [0.3, 0.4) is 0 Å². The first kappa shape index (κ1) is 10.5. The Balaban J connectivity index is 2.00. The fourth-order valence-corrected chi connectivity index (χ4v) is 3.64. The van der Waals surface area contributed by atoms with Crippen molar-refractivity contribution in [3.05, 3.63) is 0 Å². The lowest BCUT2D eigenvalue weighted by Crippen LogP contribution is -2.52. The topological polar surface area (TPSA) is 3.24 Å². The van der Waals surface area contributed by atoms with Crippen molar-refractivity contribution in [3.63, 3.8) is 0 Å². The zero-order chi connectivity index (χ0) is 10.1. The molecule has 4 unspecified atom stereocenters. The molecule has 3 rings (SSSR count). The predicted molar refractivity (Wildman–Crippen MR) is 61.3 cm³/mol. The Morgan fingerprint density at radius 1 is 1.29 bits per heavy atom. The van der Waals surface area contributed by atoms with Gasteiger partial charge >= 0.3 is 0 Å². The van der Waals surface area contributed by atoms with E-state index in [2.05, 4.69) is 25.7 Å². The Bertz CT molecular complexity index is 190. The van der Waals surface area contributed by atoms with E-state index in [-0.39, 0.29) is 0 Å². The van der Waals surface area contributed by atoms with E-state index in [1.54, 1.807) is 0 Å². The first-order valence-corrected chi connectivity index (χ1v) is 6.50. The number of nitrogens with zero attached hydrogens (tertiary/aromatic N) is 1. The van der Waals surface area contributed by atoms with E-state index in [0.717, 1.165) is 23.8 Å². The van der Waals surface area contributed by atoms with Gasteiger partial charge in [0.25, 0.3) is 0 Å². The number of hydrogen-bond acceptors (Lipinski definition) is 1. The van der Waals surface area contributed by atoms with Crippen molar-refractivity contribution in [2.75, 3.05) is 13.1 Å². The summed E-state index contributed by atoms with van der Waals surface area (Å²) in [5, 5.41) is 0. The number of fused-ring (bicyclic) bond motifs is 3. The van der Waals surface area contributed by atoms with Crippen molar-refractivity contribution in [1.29, 1.82) is 0 Å². The molecule has 2 bridgehead atoms. The molecule has 1 saturated carbocycles. The maximum atomic E-state index is 2.72. The SMILES string of the molecule is CCC(C)C1CC2CCC1CN2CC. The van der Waals surface area contributed by atoms with Crippen molar-refractivity contribution in [2.24, 2.45) is 17.8 Å². The quantitative estimate of drug-likeness (QED) is 0.668. The van der Waals surface area contributed by atoms with Gasteiger partial charge < -0.3 is 4.90 Å². The van der Waals surface area contributed by atoms with Gasteiger partial charge in [0.1, 0.15) is 0 Å². The summed E-state index contributed by atoms with van der Waals surface area (Å²) in [6.07, 6.45) is 5.86. The van der Waals surface area contributed by atoms with Crippen LogP contribution in [0.5, 0.6) is 0 Å². The van der Waals surface area contributed by atoms with Crippen LogP contribution < -0.4 is 0 Å². The van der Waals surface area contributed by atoms with Crippen LogP contribution in [0.15, 0.2) is 0 Å². The summed E-state index contributed by atoms with van der Waals surface area (Å²) in [5.41, 5.74) is 0. The molecule has 0 radical (unpaired) electrons. The number of piperidine rings is 2. The predicted octanol–water partition coefficient (Wildman–Crippen LogP) is 3.15. The molecule has 0 N–H and O–H groups in total. The number of hydrogen-bond donors (Lipinski definition) is 0. The minimum Gasteiger partial charge on any atom is -0.300 e. The minimum atomic E-state index is 0.934. The van der Waals surface area contributed by atoms with Gasteiger partial charge in [0.15, 0.2) is 0 Å². The Kier molecular flexibility index (Phi) is 3.16. The van der Waals surface area contributed by atoms with Crippen LogP contribution in [0.25, 0.3) is 0 Å². The second-order valence-electron chi connectivity index (χ2n) is 5.36. The summed E-state index contributed by atoms with van der Waals surface area (Å²) in [6, 6.07) is 0.934. The molecule has 2 saturated heterocycles. The van der Waals surface area contributed by atoms with Crippen LogP contribution in [-0.4, -0.2) is 24.0 Å². The lowest BCUT2D eigenvalue weighted by atomic mass is 9.67. The molecule has 1 heteroatoms. The Hall–Kier alpha value is -0.0400. The molecule has 2 aliphatic heterocycles.